The van der Waals surface area contributed by atoms with Crippen LogP contribution in [-0.4, -0.2) is 23.1 Å². The van der Waals surface area contributed by atoms with Crippen molar-refractivity contribution >= 4 is 11.5 Å². The second-order valence-corrected chi connectivity index (χ2v) is 7.08. The fraction of sp³-hybridized carbons (Fsp3) is 0.786. The van der Waals surface area contributed by atoms with Gasteiger partial charge in [-0.05, 0) is 42.6 Å². The highest BCUT2D eigenvalue weighted by atomic mass is 32.1. The van der Waals surface area contributed by atoms with E-state index in [1.807, 2.05) is 6.20 Å². The molecule has 1 atom stereocenters. The van der Waals surface area contributed by atoms with Crippen LogP contribution in [0, 0.1) is 5.41 Å². The molecule has 1 aromatic rings. The molecule has 2 aliphatic rings. The first kappa shape index (κ1) is 12.6. The van der Waals surface area contributed by atoms with Gasteiger partial charge in [0, 0.05) is 23.7 Å². The van der Waals surface area contributed by atoms with Gasteiger partial charge in [0.05, 0.1) is 18.2 Å². The van der Waals surface area contributed by atoms with Gasteiger partial charge in [0.2, 0.25) is 0 Å². The summed E-state index contributed by atoms with van der Waals surface area (Å²) in [5.74, 6) is 0. The summed E-state index contributed by atoms with van der Waals surface area (Å²) in [7, 11) is 0. The third kappa shape index (κ3) is 2.22. The summed E-state index contributed by atoms with van der Waals surface area (Å²) in [5, 5.41) is 5.81. The summed E-state index contributed by atoms with van der Waals surface area (Å²) >= 11 is 1.53. The zero-order chi connectivity index (χ0) is 12.6. The molecule has 100 valence electrons. The van der Waals surface area contributed by atoms with E-state index in [9.17, 15) is 0 Å². The molecule has 1 saturated carbocycles. The molecule has 18 heavy (non-hydrogen) atoms. The third-order valence-corrected chi connectivity index (χ3v) is 5.21. The Morgan fingerprint density at radius 2 is 2.11 bits per heavy atom. The van der Waals surface area contributed by atoms with E-state index in [1.165, 1.54) is 29.9 Å². The van der Waals surface area contributed by atoms with Gasteiger partial charge < -0.3 is 10.1 Å². The van der Waals surface area contributed by atoms with Crippen LogP contribution >= 0.6 is 11.5 Å². The van der Waals surface area contributed by atoms with E-state index in [1.54, 1.807) is 0 Å². The van der Waals surface area contributed by atoms with Crippen LogP contribution in [0.5, 0.6) is 0 Å². The molecule has 1 aliphatic heterocycles. The van der Waals surface area contributed by atoms with E-state index in [-0.39, 0.29) is 5.60 Å². The van der Waals surface area contributed by atoms with Crippen LogP contribution in [0.3, 0.4) is 0 Å². The Morgan fingerprint density at radius 3 is 2.78 bits per heavy atom. The van der Waals surface area contributed by atoms with Gasteiger partial charge in [0.15, 0.2) is 0 Å². The molecule has 2 fully saturated rings. The number of hydrogen-bond acceptors (Lipinski definition) is 4. The van der Waals surface area contributed by atoms with Gasteiger partial charge in [-0.25, -0.2) is 4.37 Å². The molecule has 0 amide bonds. The number of nitrogens with one attached hydrogen (secondary N) is 1. The lowest BCUT2D eigenvalue weighted by Gasteiger charge is -2.50. The monoisotopic (exact) mass is 266 g/mol. The lowest BCUT2D eigenvalue weighted by atomic mass is 9.67. The fourth-order valence-electron chi connectivity index (χ4n) is 3.29. The van der Waals surface area contributed by atoms with Gasteiger partial charge in [-0.2, -0.15) is 0 Å². The Bertz CT molecular complexity index is 392. The number of rotatable bonds is 1. The van der Waals surface area contributed by atoms with E-state index in [4.69, 9.17) is 4.74 Å². The highest BCUT2D eigenvalue weighted by molar-refractivity contribution is 7.03. The summed E-state index contributed by atoms with van der Waals surface area (Å²) < 4.78 is 10.5. The minimum absolute atomic E-state index is 0.0104. The fourth-order valence-corrected chi connectivity index (χ4v) is 3.85. The van der Waals surface area contributed by atoms with Crippen LogP contribution in [0.15, 0.2) is 11.6 Å². The maximum absolute atomic E-state index is 6.25. The van der Waals surface area contributed by atoms with Crippen molar-refractivity contribution in [2.24, 2.45) is 5.41 Å². The molecule has 2 heterocycles. The Hall–Kier alpha value is -0.450. The van der Waals surface area contributed by atoms with Gasteiger partial charge in [0.1, 0.15) is 0 Å². The van der Waals surface area contributed by atoms with Crippen LogP contribution in [0.4, 0.5) is 0 Å². The number of morpholine rings is 1. The molecule has 3 rings (SSSR count). The number of aromatic nitrogens is 1. The maximum Gasteiger partial charge on any atom is 0.0878 e. The average molecular weight is 266 g/mol. The minimum Gasteiger partial charge on any atom is -0.372 e. The Balaban J connectivity index is 1.84. The molecule has 0 bridgehead atoms. The second-order valence-electron chi connectivity index (χ2n) is 6.42. The standard InChI is InChI=1S/C14H22N2OS/c1-13(2)3-5-14(6-4-13)12(15-7-8-17-14)11-9-16-18-10-11/h9-10,12,15H,3-8H2,1-2H3. The minimum atomic E-state index is 0.0104. The van der Waals surface area contributed by atoms with E-state index in [0.717, 1.165) is 26.0 Å². The number of nitrogens with zero attached hydrogens (tertiary/aromatic N) is 1. The topological polar surface area (TPSA) is 34.1 Å². The van der Waals surface area contributed by atoms with Crippen molar-refractivity contribution in [3.05, 3.63) is 17.1 Å². The SMILES string of the molecule is CC1(C)CCC2(CC1)OCCNC2c1cnsc1. The molecule has 0 radical (unpaired) electrons. The normalized spacial score (nSPS) is 30.4. The van der Waals surface area contributed by atoms with Crippen LogP contribution < -0.4 is 5.32 Å². The predicted molar refractivity (Wildman–Crippen MR) is 73.8 cm³/mol. The van der Waals surface area contributed by atoms with E-state index >= 15 is 0 Å². The Morgan fingerprint density at radius 1 is 1.33 bits per heavy atom. The predicted octanol–water partition coefficient (Wildman–Crippen LogP) is 3.14. The molecule has 1 aromatic heterocycles. The van der Waals surface area contributed by atoms with Crippen molar-refractivity contribution < 1.29 is 4.74 Å². The molecule has 1 unspecified atom stereocenters. The van der Waals surface area contributed by atoms with E-state index < -0.39 is 0 Å². The van der Waals surface area contributed by atoms with Crippen LogP contribution in [0.25, 0.3) is 0 Å². The summed E-state index contributed by atoms with van der Waals surface area (Å²) in [5.41, 5.74) is 1.79. The van der Waals surface area contributed by atoms with Crippen molar-refractivity contribution in [1.82, 2.24) is 9.69 Å². The Labute approximate surface area is 113 Å². The van der Waals surface area contributed by atoms with Gasteiger partial charge in [-0.1, -0.05) is 13.8 Å². The molecule has 3 nitrogen and oxygen atoms in total. The van der Waals surface area contributed by atoms with Crippen LogP contribution in [-0.2, 0) is 4.74 Å². The first-order chi connectivity index (χ1) is 8.61. The van der Waals surface area contributed by atoms with E-state index in [0.29, 0.717) is 11.5 Å². The largest absolute Gasteiger partial charge is 0.372 e. The van der Waals surface area contributed by atoms with Crippen molar-refractivity contribution in [3.8, 4) is 0 Å². The van der Waals surface area contributed by atoms with Crippen LogP contribution in [0.2, 0.25) is 0 Å². The van der Waals surface area contributed by atoms with Crippen molar-refractivity contribution in [3.63, 3.8) is 0 Å². The van der Waals surface area contributed by atoms with Crippen LogP contribution in [0.1, 0.15) is 51.1 Å². The first-order valence-electron chi connectivity index (χ1n) is 6.88. The lowest BCUT2D eigenvalue weighted by Crippen LogP contribution is -2.54. The van der Waals surface area contributed by atoms with Crippen molar-refractivity contribution in [2.75, 3.05) is 13.2 Å². The van der Waals surface area contributed by atoms with E-state index in [2.05, 4.69) is 28.9 Å². The zero-order valence-corrected chi connectivity index (χ0v) is 12.1. The smallest absolute Gasteiger partial charge is 0.0878 e. The Kier molecular flexibility index (Phi) is 3.20. The molecule has 1 saturated heterocycles. The number of ether oxygens (including phenoxy) is 1. The van der Waals surface area contributed by atoms with Gasteiger partial charge in [-0.3, -0.25) is 0 Å². The quantitative estimate of drug-likeness (QED) is 0.848. The molecule has 0 aromatic carbocycles. The molecule has 1 spiro atoms. The molecule has 1 aliphatic carbocycles. The summed E-state index contributed by atoms with van der Waals surface area (Å²) in [6, 6.07) is 0.334. The summed E-state index contributed by atoms with van der Waals surface area (Å²) in [6.07, 6.45) is 6.82. The highest BCUT2D eigenvalue weighted by Gasteiger charge is 2.47. The zero-order valence-electron chi connectivity index (χ0n) is 11.2. The third-order valence-electron chi connectivity index (χ3n) is 4.60. The van der Waals surface area contributed by atoms with Crippen molar-refractivity contribution in [1.29, 1.82) is 0 Å². The molecule has 4 heteroatoms. The second kappa shape index (κ2) is 4.58. The summed E-state index contributed by atoms with van der Waals surface area (Å²) in [4.78, 5) is 0. The summed E-state index contributed by atoms with van der Waals surface area (Å²) in [6.45, 7) is 6.54. The van der Waals surface area contributed by atoms with Gasteiger partial charge in [-0.15, -0.1) is 0 Å². The van der Waals surface area contributed by atoms with Gasteiger partial charge >= 0.3 is 0 Å². The molecule has 1 N–H and O–H groups in total. The number of hydrogen-bond donors (Lipinski definition) is 1. The van der Waals surface area contributed by atoms with Crippen molar-refractivity contribution in [2.45, 2.75) is 51.2 Å². The maximum atomic E-state index is 6.25. The average Bonchev–Trinajstić information content (AvgIpc) is 2.88. The first-order valence-corrected chi connectivity index (χ1v) is 7.72. The van der Waals surface area contributed by atoms with Gasteiger partial charge in [0.25, 0.3) is 0 Å². The molecular weight excluding hydrogens is 244 g/mol. The molecular formula is C14H22N2OS. The highest BCUT2D eigenvalue weighted by Crippen LogP contribution is 2.48. The lowest BCUT2D eigenvalue weighted by molar-refractivity contribution is -0.132.